The van der Waals surface area contributed by atoms with Gasteiger partial charge in [-0.25, -0.2) is 0 Å². The first-order chi connectivity index (χ1) is 7.42. The van der Waals surface area contributed by atoms with Crippen LogP contribution in [-0.4, -0.2) is 17.6 Å². The van der Waals surface area contributed by atoms with Gasteiger partial charge in [0.15, 0.2) is 0 Å². The Kier molecular flexibility index (Phi) is 2.75. The Morgan fingerprint density at radius 1 is 1.44 bits per heavy atom. The molecule has 0 radical (unpaired) electrons. The Hall–Kier alpha value is -0.610. The second-order valence-corrected chi connectivity index (χ2v) is 5.86. The largest absolute Gasteiger partial charge is 0.495 e. The van der Waals surface area contributed by atoms with E-state index in [-0.39, 0.29) is 11.0 Å². The second kappa shape index (κ2) is 3.70. The molecule has 88 valence electrons. The van der Waals surface area contributed by atoms with Gasteiger partial charge in [-0.2, -0.15) is 0 Å². The van der Waals surface area contributed by atoms with Crippen molar-refractivity contribution in [3.8, 4) is 5.75 Å². The molecule has 1 saturated carbocycles. The Bertz CT molecular complexity index is 408. The number of methoxy groups -OCH3 is 1. The van der Waals surface area contributed by atoms with Crippen LogP contribution in [0.4, 0.5) is 0 Å². The molecule has 0 aromatic carbocycles. The molecule has 4 heteroatoms. The molecule has 1 aromatic rings. The highest BCUT2D eigenvalue weighted by atomic mass is 79.9. The summed E-state index contributed by atoms with van der Waals surface area (Å²) < 4.78 is 6.39. The van der Waals surface area contributed by atoms with Gasteiger partial charge in [0.1, 0.15) is 5.75 Å². The van der Waals surface area contributed by atoms with E-state index in [9.17, 15) is 0 Å². The van der Waals surface area contributed by atoms with E-state index in [0.717, 1.165) is 28.6 Å². The number of rotatable bonds is 3. The first kappa shape index (κ1) is 11.9. The van der Waals surface area contributed by atoms with Gasteiger partial charge in [-0.3, -0.25) is 4.98 Å². The molecule has 0 bridgehead atoms. The highest BCUT2D eigenvalue weighted by Crippen LogP contribution is 2.58. The second-order valence-electron chi connectivity index (χ2n) is 5.00. The van der Waals surface area contributed by atoms with Crippen molar-refractivity contribution < 1.29 is 4.74 Å². The molecule has 0 saturated heterocycles. The van der Waals surface area contributed by atoms with E-state index >= 15 is 0 Å². The van der Waals surface area contributed by atoms with Gasteiger partial charge in [-0.15, -0.1) is 0 Å². The summed E-state index contributed by atoms with van der Waals surface area (Å²) in [6.45, 7) is 4.15. The maximum atomic E-state index is 6.30. The van der Waals surface area contributed by atoms with E-state index in [0.29, 0.717) is 0 Å². The summed E-state index contributed by atoms with van der Waals surface area (Å²) in [6, 6.07) is 0. The normalized spacial score (nSPS) is 18.3. The van der Waals surface area contributed by atoms with Gasteiger partial charge >= 0.3 is 0 Å². The molecule has 16 heavy (non-hydrogen) atoms. The van der Waals surface area contributed by atoms with E-state index in [1.807, 2.05) is 6.20 Å². The zero-order valence-electron chi connectivity index (χ0n) is 9.88. The summed E-state index contributed by atoms with van der Waals surface area (Å²) in [7, 11) is 1.67. The fraction of sp³-hybridized carbons (Fsp3) is 0.583. The van der Waals surface area contributed by atoms with Crippen molar-refractivity contribution >= 4 is 15.9 Å². The van der Waals surface area contributed by atoms with Crippen LogP contribution in [0.1, 0.15) is 32.3 Å². The molecule has 0 spiro atoms. The van der Waals surface area contributed by atoms with Crippen molar-refractivity contribution in [1.29, 1.82) is 0 Å². The summed E-state index contributed by atoms with van der Waals surface area (Å²) in [4.78, 5) is 4.13. The minimum atomic E-state index is -0.246. The van der Waals surface area contributed by atoms with Crippen molar-refractivity contribution in [3.05, 3.63) is 22.4 Å². The zero-order chi connectivity index (χ0) is 12.0. The zero-order valence-corrected chi connectivity index (χ0v) is 11.5. The predicted octanol–water partition coefficient (Wildman–Crippen LogP) is 2.62. The lowest BCUT2D eigenvalue weighted by molar-refractivity contribution is 0.357. The Morgan fingerprint density at radius 2 is 2.06 bits per heavy atom. The van der Waals surface area contributed by atoms with Crippen molar-refractivity contribution in [2.24, 2.45) is 5.73 Å². The number of ether oxygens (including phenoxy) is 1. The fourth-order valence-electron chi connectivity index (χ4n) is 2.38. The van der Waals surface area contributed by atoms with Gasteiger partial charge in [-0.1, -0.05) is 0 Å². The molecule has 2 N–H and O–H groups in total. The molecule has 1 aliphatic rings. The summed E-state index contributed by atoms with van der Waals surface area (Å²) in [5.74, 6) is 0.824. The van der Waals surface area contributed by atoms with Crippen LogP contribution in [0.3, 0.4) is 0 Å². The predicted molar refractivity (Wildman–Crippen MR) is 67.7 cm³/mol. The molecule has 0 unspecified atom stereocenters. The molecule has 1 aromatic heterocycles. The van der Waals surface area contributed by atoms with Crippen LogP contribution in [0.2, 0.25) is 0 Å². The number of aromatic nitrogens is 1. The van der Waals surface area contributed by atoms with Crippen LogP contribution in [0.15, 0.2) is 16.9 Å². The van der Waals surface area contributed by atoms with E-state index in [2.05, 4.69) is 34.8 Å². The molecule has 1 aliphatic carbocycles. The highest BCUT2D eigenvalue weighted by molar-refractivity contribution is 9.10. The summed E-state index contributed by atoms with van der Waals surface area (Å²) in [6.07, 6.45) is 5.78. The number of hydrogen-bond acceptors (Lipinski definition) is 3. The van der Waals surface area contributed by atoms with Crippen LogP contribution in [0, 0.1) is 0 Å². The lowest BCUT2D eigenvalue weighted by atomic mass is 9.79. The van der Waals surface area contributed by atoms with E-state index in [1.165, 1.54) is 0 Å². The average molecular weight is 285 g/mol. The van der Waals surface area contributed by atoms with E-state index in [4.69, 9.17) is 10.5 Å². The lowest BCUT2D eigenvalue weighted by Crippen LogP contribution is -2.45. The molecular formula is C12H17BrN2O. The topological polar surface area (TPSA) is 48.1 Å². The summed E-state index contributed by atoms with van der Waals surface area (Å²) >= 11 is 3.56. The number of hydrogen-bond donors (Lipinski definition) is 1. The monoisotopic (exact) mass is 284 g/mol. The van der Waals surface area contributed by atoms with Gasteiger partial charge < -0.3 is 10.5 Å². The number of nitrogens with zero attached hydrogens (tertiary/aromatic N) is 1. The molecule has 0 atom stereocenters. The minimum absolute atomic E-state index is 0.0279. The number of nitrogens with two attached hydrogens (primary N) is 1. The van der Waals surface area contributed by atoms with E-state index in [1.54, 1.807) is 13.3 Å². The van der Waals surface area contributed by atoms with Crippen molar-refractivity contribution in [2.45, 2.75) is 37.6 Å². The lowest BCUT2D eigenvalue weighted by Gasteiger charge is -2.32. The van der Waals surface area contributed by atoms with Crippen LogP contribution in [-0.2, 0) is 5.41 Å². The highest BCUT2D eigenvalue weighted by Gasteiger charge is 2.56. The smallest absolute Gasteiger partial charge is 0.142 e. The SMILES string of the molecule is COc1cncc(Br)c1C1(C(C)(C)N)CC1. The van der Waals surface area contributed by atoms with Crippen LogP contribution < -0.4 is 10.5 Å². The Morgan fingerprint density at radius 3 is 2.50 bits per heavy atom. The van der Waals surface area contributed by atoms with Crippen LogP contribution in [0.5, 0.6) is 5.75 Å². The molecule has 1 heterocycles. The van der Waals surface area contributed by atoms with Gasteiger partial charge in [-0.05, 0) is 42.6 Å². The third-order valence-corrected chi connectivity index (χ3v) is 4.15. The summed E-state index contributed by atoms with van der Waals surface area (Å²) in [5, 5.41) is 0. The molecule has 3 nitrogen and oxygen atoms in total. The average Bonchev–Trinajstić information content (AvgIpc) is 2.97. The number of halogens is 1. The molecule has 1 fully saturated rings. The van der Waals surface area contributed by atoms with Gasteiger partial charge in [0.2, 0.25) is 0 Å². The van der Waals surface area contributed by atoms with Crippen molar-refractivity contribution in [3.63, 3.8) is 0 Å². The van der Waals surface area contributed by atoms with Gasteiger partial charge in [0.25, 0.3) is 0 Å². The maximum absolute atomic E-state index is 6.30. The van der Waals surface area contributed by atoms with Crippen LogP contribution in [0.25, 0.3) is 0 Å². The summed E-state index contributed by atoms with van der Waals surface area (Å²) in [5.41, 5.74) is 7.25. The first-order valence-electron chi connectivity index (χ1n) is 5.39. The molecule has 0 amide bonds. The van der Waals surface area contributed by atoms with Gasteiger partial charge in [0, 0.05) is 27.2 Å². The van der Waals surface area contributed by atoms with E-state index < -0.39 is 0 Å². The third-order valence-electron chi connectivity index (χ3n) is 3.55. The van der Waals surface area contributed by atoms with Crippen molar-refractivity contribution in [1.82, 2.24) is 4.98 Å². The quantitative estimate of drug-likeness (QED) is 0.928. The minimum Gasteiger partial charge on any atom is -0.495 e. The molecule has 0 aliphatic heterocycles. The molecule has 2 rings (SSSR count). The Labute approximate surface area is 105 Å². The Balaban J connectivity index is 2.56. The van der Waals surface area contributed by atoms with Gasteiger partial charge in [0.05, 0.1) is 13.3 Å². The maximum Gasteiger partial charge on any atom is 0.142 e. The third kappa shape index (κ3) is 1.64. The van der Waals surface area contributed by atoms with Crippen LogP contribution >= 0.6 is 15.9 Å². The molecular weight excluding hydrogens is 268 g/mol. The van der Waals surface area contributed by atoms with Crippen molar-refractivity contribution in [2.75, 3.05) is 7.11 Å². The standard InChI is InChI=1S/C12H17BrN2O/c1-11(2,14)12(4-5-12)10-8(13)6-15-7-9(10)16-3/h6-7H,4-5,14H2,1-3H3. The fourth-order valence-corrected chi connectivity index (χ4v) is 3.07. The first-order valence-corrected chi connectivity index (χ1v) is 6.18. The number of pyridine rings is 1.